The van der Waals surface area contributed by atoms with Gasteiger partial charge >= 0.3 is 0 Å². The molecule has 0 aliphatic carbocycles. The van der Waals surface area contributed by atoms with Crippen molar-refractivity contribution in [1.29, 1.82) is 0 Å². The van der Waals surface area contributed by atoms with E-state index in [1.54, 1.807) is 46.2 Å². The van der Waals surface area contributed by atoms with E-state index in [2.05, 4.69) is 55.4 Å². The number of hydrogen-bond acceptors (Lipinski definition) is 4. The van der Waals surface area contributed by atoms with Gasteiger partial charge < -0.3 is 9.80 Å². The summed E-state index contributed by atoms with van der Waals surface area (Å²) in [6.07, 6.45) is 15.8. The number of rotatable bonds is 27. The van der Waals surface area contributed by atoms with Crippen LogP contribution in [0.3, 0.4) is 0 Å². The summed E-state index contributed by atoms with van der Waals surface area (Å²) in [5.74, 6) is -2.79. The van der Waals surface area contributed by atoms with Gasteiger partial charge in [0, 0.05) is 34.0 Å². The SMILES string of the molecule is CCCCC(CC)CCc1ccc(-c2ccc(C3=C4C(=O)N(CC(CC)CCCC)C(c5ccc(-c6ccc(CCC(CC)CCCC)c(F)c6F)s5)=C4C(=O)N3CC(C)CC)s2)c(F)c1F. The minimum absolute atomic E-state index is 0.0957. The summed E-state index contributed by atoms with van der Waals surface area (Å²) in [6, 6.07) is 13.9. The molecule has 364 valence electrons. The largest absolute Gasteiger partial charge is 0.306 e. The Morgan fingerprint density at radius 2 is 0.851 bits per heavy atom. The van der Waals surface area contributed by atoms with Gasteiger partial charge in [0.2, 0.25) is 0 Å². The van der Waals surface area contributed by atoms with E-state index in [1.807, 2.05) is 12.1 Å². The van der Waals surface area contributed by atoms with Crippen LogP contribution in [0.4, 0.5) is 17.6 Å². The molecule has 4 aromatic rings. The lowest BCUT2D eigenvalue weighted by molar-refractivity contribution is -0.124. The van der Waals surface area contributed by atoms with Crippen molar-refractivity contribution in [3.05, 3.63) is 104 Å². The van der Waals surface area contributed by atoms with E-state index < -0.39 is 23.3 Å². The second kappa shape index (κ2) is 24.5. The van der Waals surface area contributed by atoms with E-state index in [0.29, 0.717) is 90.9 Å². The Morgan fingerprint density at radius 3 is 1.24 bits per heavy atom. The van der Waals surface area contributed by atoms with Crippen molar-refractivity contribution in [2.75, 3.05) is 13.1 Å². The maximum Gasteiger partial charge on any atom is 0.261 e. The summed E-state index contributed by atoms with van der Waals surface area (Å²) in [7, 11) is 0. The number of fused-ring (bicyclic) bond motifs is 1. The second-order valence-corrected chi connectivity index (χ2v) is 21.4. The summed E-state index contributed by atoms with van der Waals surface area (Å²) in [6.45, 7) is 17.8. The van der Waals surface area contributed by atoms with Crippen molar-refractivity contribution in [3.63, 3.8) is 0 Å². The molecule has 4 nitrogen and oxygen atoms in total. The van der Waals surface area contributed by atoms with E-state index in [9.17, 15) is 0 Å². The Kier molecular flexibility index (Phi) is 19.1. The lowest BCUT2D eigenvalue weighted by atomic mass is 9.92. The zero-order valence-corrected chi connectivity index (χ0v) is 43.0. The number of halogens is 4. The van der Waals surface area contributed by atoms with E-state index in [1.165, 1.54) is 22.7 Å². The molecule has 0 N–H and O–H groups in total. The summed E-state index contributed by atoms with van der Waals surface area (Å²) >= 11 is 2.51. The Morgan fingerprint density at radius 1 is 0.463 bits per heavy atom. The molecule has 2 aromatic heterocycles. The summed E-state index contributed by atoms with van der Waals surface area (Å²) < 4.78 is 63.8. The maximum absolute atomic E-state index is 16.1. The van der Waals surface area contributed by atoms with Gasteiger partial charge in [-0.3, -0.25) is 9.59 Å². The van der Waals surface area contributed by atoms with Crippen molar-refractivity contribution in [2.45, 2.75) is 165 Å². The average molecular weight is 959 g/mol. The van der Waals surface area contributed by atoms with Crippen LogP contribution in [0.25, 0.3) is 32.3 Å². The van der Waals surface area contributed by atoms with Gasteiger partial charge in [0.05, 0.1) is 32.3 Å². The second-order valence-electron chi connectivity index (χ2n) is 19.2. The molecule has 2 amide bonds. The van der Waals surface area contributed by atoms with E-state index >= 15 is 27.2 Å². The maximum atomic E-state index is 16.1. The van der Waals surface area contributed by atoms with Gasteiger partial charge in [-0.15, -0.1) is 22.7 Å². The molecule has 6 rings (SSSR count). The van der Waals surface area contributed by atoms with Crippen molar-refractivity contribution in [2.24, 2.45) is 23.7 Å². The first kappa shape index (κ1) is 52.4. The third-order valence-electron chi connectivity index (χ3n) is 14.6. The van der Waals surface area contributed by atoms with Crippen LogP contribution in [0.1, 0.15) is 173 Å². The molecular formula is C57H74F4N2O2S2. The highest BCUT2D eigenvalue weighted by Gasteiger charge is 2.50. The molecule has 4 heterocycles. The van der Waals surface area contributed by atoms with E-state index in [4.69, 9.17) is 0 Å². The molecule has 0 radical (unpaired) electrons. The number of thiophene rings is 2. The van der Waals surface area contributed by atoms with Crippen LogP contribution in [0, 0.1) is 46.9 Å². The average Bonchev–Trinajstić information content (AvgIpc) is 4.13. The fraction of sp³-hybridized carbons (Fsp3) is 0.544. The minimum atomic E-state index is -0.889. The van der Waals surface area contributed by atoms with Gasteiger partial charge in [0.1, 0.15) is 0 Å². The molecule has 0 saturated heterocycles. The molecule has 0 fully saturated rings. The number of hydrogen-bond donors (Lipinski definition) is 0. The first-order valence-corrected chi connectivity index (χ1v) is 27.3. The van der Waals surface area contributed by atoms with Crippen molar-refractivity contribution in [1.82, 2.24) is 9.80 Å². The quantitative estimate of drug-likeness (QED) is 0.0559. The predicted octanol–water partition coefficient (Wildman–Crippen LogP) is 17.1. The van der Waals surface area contributed by atoms with E-state index in [0.717, 1.165) is 96.3 Å². The monoisotopic (exact) mass is 959 g/mol. The molecular weight excluding hydrogens is 885 g/mol. The van der Waals surface area contributed by atoms with Gasteiger partial charge in [-0.25, -0.2) is 17.6 Å². The Hall–Kier alpha value is -4.02. The number of carbonyl (C=O) groups excluding carboxylic acids is 2. The summed E-state index contributed by atoms with van der Waals surface area (Å²) in [4.78, 5) is 36.0. The number of benzene rings is 2. The standard InChI is InChI=1S/C57H74F4N2O2S2/c1-9-16-19-37(13-5)22-24-40-26-28-42(52(60)50(40)58)44-30-32-46(66-44)54-48-49(56(64)62(54)34-36(8)12-4)55(63(57(48)65)35-39(15-7)21-18-11-3)47-33-31-45(67-47)43-29-27-41(51(59)53(43)61)25-23-38(14-6)20-17-10-2/h26-33,36-39H,9-25,34-35H2,1-8H3. The predicted molar refractivity (Wildman–Crippen MR) is 273 cm³/mol. The topological polar surface area (TPSA) is 40.6 Å². The third-order valence-corrected chi connectivity index (χ3v) is 16.9. The molecule has 4 atom stereocenters. The van der Waals surface area contributed by atoms with Crippen LogP contribution in [0.2, 0.25) is 0 Å². The van der Waals surface area contributed by atoms with Crippen LogP contribution >= 0.6 is 22.7 Å². The zero-order valence-electron chi connectivity index (χ0n) is 41.4. The smallest absolute Gasteiger partial charge is 0.261 e. The number of amides is 2. The van der Waals surface area contributed by atoms with Gasteiger partial charge in [-0.05, 0) is 91.2 Å². The first-order valence-electron chi connectivity index (χ1n) is 25.6. The molecule has 2 aliphatic rings. The highest BCUT2D eigenvalue weighted by atomic mass is 32.1. The summed E-state index contributed by atoms with van der Waals surface area (Å²) in [5.41, 5.74) is 2.65. The molecule has 2 aromatic carbocycles. The highest BCUT2D eigenvalue weighted by molar-refractivity contribution is 7.17. The fourth-order valence-corrected chi connectivity index (χ4v) is 12.0. The lowest BCUT2D eigenvalue weighted by Gasteiger charge is -2.28. The molecule has 0 spiro atoms. The number of unbranched alkanes of at least 4 members (excludes halogenated alkanes) is 3. The normalized spacial score (nSPS) is 15.9. The van der Waals surface area contributed by atoms with Crippen LogP contribution in [0.15, 0.2) is 59.7 Å². The minimum Gasteiger partial charge on any atom is -0.306 e. The van der Waals surface area contributed by atoms with Crippen LogP contribution in [-0.4, -0.2) is 34.7 Å². The molecule has 0 saturated carbocycles. The van der Waals surface area contributed by atoms with Crippen LogP contribution in [0.5, 0.6) is 0 Å². The van der Waals surface area contributed by atoms with Crippen LogP contribution in [-0.2, 0) is 22.4 Å². The van der Waals surface area contributed by atoms with Gasteiger partial charge in [0.25, 0.3) is 11.8 Å². The van der Waals surface area contributed by atoms with Gasteiger partial charge in [-0.2, -0.15) is 0 Å². The lowest BCUT2D eigenvalue weighted by Crippen LogP contribution is -2.34. The van der Waals surface area contributed by atoms with Crippen LogP contribution < -0.4 is 0 Å². The molecule has 0 bridgehead atoms. The van der Waals surface area contributed by atoms with Gasteiger partial charge in [-0.1, -0.05) is 157 Å². The molecule has 4 unspecified atom stereocenters. The number of carbonyl (C=O) groups is 2. The summed E-state index contributed by atoms with van der Waals surface area (Å²) in [5, 5.41) is 0. The Balaban J connectivity index is 1.42. The van der Waals surface area contributed by atoms with Crippen molar-refractivity contribution < 1.29 is 27.2 Å². The number of nitrogens with zero attached hydrogens (tertiary/aromatic N) is 2. The Labute approximate surface area is 407 Å². The zero-order chi connectivity index (χ0) is 48.4. The fourth-order valence-electron chi connectivity index (χ4n) is 9.85. The van der Waals surface area contributed by atoms with Crippen molar-refractivity contribution >= 4 is 45.9 Å². The van der Waals surface area contributed by atoms with E-state index in [-0.39, 0.29) is 34.8 Å². The molecule has 10 heteroatoms. The Bertz CT molecular complexity index is 2400. The molecule has 67 heavy (non-hydrogen) atoms. The third kappa shape index (κ3) is 11.7. The molecule has 2 aliphatic heterocycles. The highest BCUT2D eigenvalue weighted by Crippen LogP contribution is 2.51. The number of aryl methyl sites for hydroxylation is 2. The van der Waals surface area contributed by atoms with Crippen molar-refractivity contribution in [3.8, 4) is 20.9 Å². The first-order chi connectivity index (χ1) is 32.3. The van der Waals surface area contributed by atoms with Gasteiger partial charge in [0.15, 0.2) is 23.3 Å².